The molecule has 68 valence electrons. The first-order valence-electron chi connectivity index (χ1n) is 3.66. The van der Waals surface area contributed by atoms with Crippen LogP contribution in [0.15, 0.2) is 4.99 Å². The van der Waals surface area contributed by atoms with E-state index in [1.807, 2.05) is 0 Å². The Labute approximate surface area is 85.9 Å². The summed E-state index contributed by atoms with van der Waals surface area (Å²) < 4.78 is -1.84. The number of carbonyl (C=O) groups excluding carboxylic acids is 1. The van der Waals surface area contributed by atoms with Crippen molar-refractivity contribution in [3.05, 3.63) is 0 Å². The van der Waals surface area contributed by atoms with E-state index in [0.717, 1.165) is 12.8 Å². The third-order valence-corrected chi connectivity index (χ3v) is 2.16. The fraction of sp³-hybridized carbons (Fsp3) is 0.714. The Morgan fingerprint density at radius 2 is 2.00 bits per heavy atom. The molecule has 0 aliphatic carbocycles. The molecule has 0 spiro atoms. The third-order valence-electron chi connectivity index (χ3n) is 1.64. The van der Waals surface area contributed by atoms with Gasteiger partial charge in [0.2, 0.25) is 5.78 Å². The molecule has 0 aromatic rings. The normalized spacial score (nSPS) is 18.8. The van der Waals surface area contributed by atoms with Crippen molar-refractivity contribution in [2.24, 2.45) is 4.99 Å². The van der Waals surface area contributed by atoms with Crippen LogP contribution < -0.4 is 0 Å². The summed E-state index contributed by atoms with van der Waals surface area (Å²) in [5.41, 5.74) is 0.418. The molecule has 1 heterocycles. The van der Waals surface area contributed by atoms with E-state index >= 15 is 0 Å². The van der Waals surface area contributed by atoms with Gasteiger partial charge in [-0.25, -0.2) is 0 Å². The smallest absolute Gasteiger partial charge is 0.254 e. The number of ketones is 1. The maximum Gasteiger partial charge on any atom is 0.254 e. The van der Waals surface area contributed by atoms with Gasteiger partial charge in [0.05, 0.1) is 5.71 Å². The molecular formula is C7H8Cl3NO. The Kier molecular flexibility index (Phi) is 3.38. The first kappa shape index (κ1) is 10.3. The second kappa shape index (κ2) is 3.95. The molecule has 0 unspecified atom stereocenters. The molecule has 1 rings (SSSR count). The minimum Gasteiger partial charge on any atom is -0.288 e. The lowest BCUT2D eigenvalue weighted by molar-refractivity contribution is -0.112. The first-order valence-corrected chi connectivity index (χ1v) is 4.80. The Morgan fingerprint density at radius 3 is 2.42 bits per heavy atom. The monoisotopic (exact) mass is 227 g/mol. The largest absolute Gasteiger partial charge is 0.288 e. The molecule has 2 nitrogen and oxygen atoms in total. The predicted molar refractivity (Wildman–Crippen MR) is 51.5 cm³/mol. The second-order valence-electron chi connectivity index (χ2n) is 2.61. The summed E-state index contributed by atoms with van der Waals surface area (Å²) in [4.78, 5) is 15.3. The third kappa shape index (κ3) is 2.61. The molecule has 0 atom stereocenters. The van der Waals surface area contributed by atoms with Gasteiger partial charge >= 0.3 is 0 Å². The van der Waals surface area contributed by atoms with Crippen LogP contribution in [0.5, 0.6) is 0 Å². The zero-order valence-corrected chi connectivity index (χ0v) is 8.59. The molecule has 0 bridgehead atoms. The van der Waals surface area contributed by atoms with E-state index in [1.54, 1.807) is 0 Å². The van der Waals surface area contributed by atoms with Crippen molar-refractivity contribution >= 4 is 46.3 Å². The van der Waals surface area contributed by atoms with Crippen molar-refractivity contribution in [3.8, 4) is 0 Å². The number of hydrogen-bond donors (Lipinski definition) is 0. The van der Waals surface area contributed by atoms with Gasteiger partial charge in [0.25, 0.3) is 3.79 Å². The van der Waals surface area contributed by atoms with Crippen molar-refractivity contribution in [1.82, 2.24) is 0 Å². The summed E-state index contributed by atoms with van der Waals surface area (Å²) in [5, 5.41) is 0. The Morgan fingerprint density at radius 1 is 1.33 bits per heavy atom. The van der Waals surface area contributed by atoms with Gasteiger partial charge < -0.3 is 0 Å². The van der Waals surface area contributed by atoms with Gasteiger partial charge in [0, 0.05) is 6.54 Å². The molecule has 0 saturated carbocycles. The lowest BCUT2D eigenvalue weighted by atomic mass is 10.1. The average molecular weight is 229 g/mol. The van der Waals surface area contributed by atoms with Crippen molar-refractivity contribution in [2.75, 3.05) is 6.54 Å². The molecule has 0 radical (unpaired) electrons. The SMILES string of the molecule is O=C(C1=NCCCC1)C(Cl)(Cl)Cl. The maximum atomic E-state index is 11.3. The average Bonchev–Trinajstić information content (AvgIpc) is 2.03. The molecular weight excluding hydrogens is 220 g/mol. The van der Waals surface area contributed by atoms with Crippen LogP contribution in [0.4, 0.5) is 0 Å². The molecule has 0 saturated heterocycles. The summed E-state index contributed by atoms with van der Waals surface area (Å²) in [6, 6.07) is 0. The minimum atomic E-state index is -1.84. The van der Waals surface area contributed by atoms with Gasteiger partial charge in [-0.05, 0) is 19.3 Å². The highest BCUT2D eigenvalue weighted by atomic mass is 35.6. The quantitative estimate of drug-likeness (QED) is 0.634. The molecule has 1 aliphatic heterocycles. The van der Waals surface area contributed by atoms with Crippen molar-refractivity contribution in [1.29, 1.82) is 0 Å². The van der Waals surface area contributed by atoms with E-state index in [9.17, 15) is 4.79 Å². The van der Waals surface area contributed by atoms with Crippen LogP contribution in [0.1, 0.15) is 19.3 Å². The number of alkyl halides is 3. The number of nitrogens with zero attached hydrogens (tertiary/aromatic N) is 1. The maximum absolute atomic E-state index is 11.3. The number of rotatable bonds is 1. The molecule has 0 amide bonds. The Balaban J connectivity index is 2.70. The molecule has 1 aliphatic rings. The van der Waals surface area contributed by atoms with Gasteiger partial charge in [0.1, 0.15) is 0 Å². The minimum absolute atomic E-state index is 0.418. The van der Waals surface area contributed by atoms with E-state index in [0.29, 0.717) is 18.7 Å². The number of carbonyl (C=O) groups is 1. The number of Topliss-reactive ketones (excluding diaryl/α,β-unsaturated/α-hetero) is 1. The van der Waals surface area contributed by atoms with Crippen LogP contribution in [-0.4, -0.2) is 21.8 Å². The van der Waals surface area contributed by atoms with Gasteiger partial charge in [0.15, 0.2) is 0 Å². The van der Waals surface area contributed by atoms with E-state index in [4.69, 9.17) is 34.8 Å². The van der Waals surface area contributed by atoms with Gasteiger partial charge in [-0.3, -0.25) is 9.79 Å². The van der Waals surface area contributed by atoms with Crippen molar-refractivity contribution < 1.29 is 4.79 Å². The lowest BCUT2D eigenvalue weighted by Gasteiger charge is -2.14. The van der Waals surface area contributed by atoms with Crippen molar-refractivity contribution in [3.63, 3.8) is 0 Å². The van der Waals surface area contributed by atoms with E-state index in [2.05, 4.69) is 4.99 Å². The highest BCUT2D eigenvalue weighted by Crippen LogP contribution is 2.29. The lowest BCUT2D eigenvalue weighted by Crippen LogP contribution is -2.29. The Bertz CT molecular complexity index is 219. The standard InChI is InChI=1S/C7H8Cl3NO/c8-7(9,10)6(12)5-3-1-2-4-11-5/h1-4H2. The molecule has 0 N–H and O–H groups in total. The molecule has 0 aromatic carbocycles. The fourth-order valence-corrected chi connectivity index (χ4v) is 1.37. The fourth-order valence-electron chi connectivity index (χ4n) is 1.05. The van der Waals surface area contributed by atoms with Gasteiger partial charge in [-0.2, -0.15) is 0 Å². The highest BCUT2D eigenvalue weighted by Gasteiger charge is 2.34. The van der Waals surface area contributed by atoms with Crippen LogP contribution in [0, 0.1) is 0 Å². The topological polar surface area (TPSA) is 29.4 Å². The van der Waals surface area contributed by atoms with Crippen LogP contribution in [0.3, 0.4) is 0 Å². The predicted octanol–water partition coefficient (Wildman–Crippen LogP) is 2.55. The Hall–Kier alpha value is 0.210. The first-order chi connectivity index (χ1) is 5.52. The summed E-state index contributed by atoms with van der Waals surface area (Å²) in [6.45, 7) is 0.668. The highest BCUT2D eigenvalue weighted by molar-refractivity contribution is 6.82. The number of aliphatic imine (C=N–C) groups is 1. The molecule has 5 heteroatoms. The summed E-state index contributed by atoms with van der Waals surface area (Å²) in [6.07, 6.45) is 2.59. The number of halogens is 3. The zero-order valence-electron chi connectivity index (χ0n) is 6.32. The van der Waals surface area contributed by atoms with Crippen LogP contribution in [0.2, 0.25) is 0 Å². The van der Waals surface area contributed by atoms with Crippen molar-refractivity contribution in [2.45, 2.75) is 23.1 Å². The van der Waals surface area contributed by atoms with Gasteiger partial charge in [-0.15, -0.1) is 0 Å². The number of hydrogen-bond acceptors (Lipinski definition) is 2. The molecule has 0 fully saturated rings. The van der Waals surface area contributed by atoms with Gasteiger partial charge in [-0.1, -0.05) is 34.8 Å². The van der Waals surface area contributed by atoms with Crippen LogP contribution in [-0.2, 0) is 4.79 Å². The second-order valence-corrected chi connectivity index (χ2v) is 4.89. The summed E-state index contributed by atoms with van der Waals surface area (Å²) in [7, 11) is 0. The van der Waals surface area contributed by atoms with Crippen LogP contribution >= 0.6 is 34.8 Å². The molecule has 0 aromatic heterocycles. The van der Waals surface area contributed by atoms with E-state index in [-0.39, 0.29) is 0 Å². The molecule has 12 heavy (non-hydrogen) atoms. The summed E-state index contributed by atoms with van der Waals surface area (Å²) >= 11 is 16.3. The van der Waals surface area contributed by atoms with E-state index < -0.39 is 9.58 Å². The zero-order chi connectivity index (χ0) is 9.19. The van der Waals surface area contributed by atoms with Crippen LogP contribution in [0.25, 0.3) is 0 Å². The van der Waals surface area contributed by atoms with E-state index in [1.165, 1.54) is 0 Å². The summed E-state index contributed by atoms with van der Waals surface area (Å²) in [5.74, 6) is -0.479.